The third-order valence-corrected chi connectivity index (χ3v) is 4.81. The van der Waals surface area contributed by atoms with Gasteiger partial charge in [0.25, 0.3) is 5.91 Å². The topological polar surface area (TPSA) is 66.8 Å². The predicted octanol–water partition coefficient (Wildman–Crippen LogP) is 2.62. The van der Waals surface area contributed by atoms with Crippen LogP contribution in [0.2, 0.25) is 0 Å². The standard InChI is InChI=1S/C18H23NO4/c20-17(19-11-10-14(12-19)18(21)22)16(13-6-2-1-3-7-13)23-15-8-4-5-9-15/h1-3,6-7,14-16H,4-5,8-12H2,(H,21,22)/t14-,16+/m1/s1. The highest BCUT2D eigenvalue weighted by atomic mass is 16.5. The SMILES string of the molecule is O=C(O)[C@@H]1CCN(C(=O)[C@@H](OC2CCCC2)c2ccccc2)C1. The lowest BCUT2D eigenvalue weighted by Crippen LogP contribution is -2.36. The number of likely N-dealkylation sites (tertiary alicyclic amines) is 1. The maximum absolute atomic E-state index is 12.9. The number of hydrogen-bond acceptors (Lipinski definition) is 3. The van der Waals surface area contributed by atoms with E-state index in [2.05, 4.69) is 0 Å². The summed E-state index contributed by atoms with van der Waals surface area (Å²) in [6, 6.07) is 9.52. The zero-order valence-electron chi connectivity index (χ0n) is 13.2. The number of hydrogen-bond donors (Lipinski definition) is 1. The third kappa shape index (κ3) is 3.72. The second-order valence-corrected chi connectivity index (χ2v) is 6.44. The maximum Gasteiger partial charge on any atom is 0.308 e. The fraction of sp³-hybridized carbons (Fsp3) is 0.556. The van der Waals surface area contributed by atoms with Gasteiger partial charge in [0.2, 0.25) is 0 Å². The van der Waals surface area contributed by atoms with Crippen LogP contribution in [0.15, 0.2) is 30.3 Å². The van der Waals surface area contributed by atoms with Gasteiger partial charge in [0.05, 0.1) is 12.0 Å². The van der Waals surface area contributed by atoms with Gasteiger partial charge in [-0.25, -0.2) is 0 Å². The van der Waals surface area contributed by atoms with Gasteiger partial charge in [0, 0.05) is 13.1 Å². The molecule has 23 heavy (non-hydrogen) atoms. The first-order valence-electron chi connectivity index (χ1n) is 8.37. The van der Waals surface area contributed by atoms with E-state index in [1.165, 1.54) is 0 Å². The number of benzene rings is 1. The lowest BCUT2D eigenvalue weighted by molar-refractivity contribution is -0.148. The zero-order valence-corrected chi connectivity index (χ0v) is 13.2. The van der Waals surface area contributed by atoms with Crippen LogP contribution in [0.25, 0.3) is 0 Å². The minimum Gasteiger partial charge on any atom is -0.481 e. The lowest BCUT2D eigenvalue weighted by Gasteiger charge is -2.26. The molecule has 0 spiro atoms. The average Bonchev–Trinajstić information content (AvgIpc) is 3.24. The summed E-state index contributed by atoms with van der Waals surface area (Å²) < 4.78 is 6.13. The molecule has 1 N–H and O–H groups in total. The number of ether oxygens (including phenoxy) is 1. The van der Waals surface area contributed by atoms with E-state index in [4.69, 9.17) is 9.84 Å². The van der Waals surface area contributed by atoms with Crippen molar-refractivity contribution >= 4 is 11.9 Å². The molecule has 1 aromatic carbocycles. The number of nitrogens with zero attached hydrogens (tertiary/aromatic N) is 1. The van der Waals surface area contributed by atoms with E-state index in [1.54, 1.807) is 4.90 Å². The van der Waals surface area contributed by atoms with Crippen LogP contribution in [0.5, 0.6) is 0 Å². The van der Waals surface area contributed by atoms with Gasteiger partial charge in [-0.15, -0.1) is 0 Å². The van der Waals surface area contributed by atoms with Gasteiger partial charge in [-0.05, 0) is 24.8 Å². The summed E-state index contributed by atoms with van der Waals surface area (Å²) in [5, 5.41) is 9.13. The fourth-order valence-corrected chi connectivity index (χ4v) is 3.45. The van der Waals surface area contributed by atoms with E-state index < -0.39 is 18.0 Å². The molecule has 0 bridgehead atoms. The highest BCUT2D eigenvalue weighted by Gasteiger charge is 2.36. The maximum atomic E-state index is 12.9. The number of carbonyl (C=O) groups excluding carboxylic acids is 1. The summed E-state index contributed by atoms with van der Waals surface area (Å²) in [5.74, 6) is -1.39. The van der Waals surface area contributed by atoms with E-state index in [0.717, 1.165) is 31.2 Å². The summed E-state index contributed by atoms with van der Waals surface area (Å²) >= 11 is 0. The smallest absolute Gasteiger partial charge is 0.308 e. The quantitative estimate of drug-likeness (QED) is 0.906. The van der Waals surface area contributed by atoms with E-state index >= 15 is 0 Å². The first kappa shape index (κ1) is 16.0. The second kappa shape index (κ2) is 7.13. The zero-order chi connectivity index (χ0) is 16.2. The molecular formula is C18H23NO4. The van der Waals surface area contributed by atoms with Crippen molar-refractivity contribution in [1.82, 2.24) is 4.90 Å². The molecule has 1 saturated heterocycles. The van der Waals surface area contributed by atoms with Crippen LogP contribution in [0.1, 0.15) is 43.8 Å². The Morgan fingerprint density at radius 3 is 2.43 bits per heavy atom. The van der Waals surface area contributed by atoms with E-state index in [0.29, 0.717) is 13.0 Å². The van der Waals surface area contributed by atoms with Crippen molar-refractivity contribution in [3.8, 4) is 0 Å². The minimum absolute atomic E-state index is 0.105. The van der Waals surface area contributed by atoms with Gasteiger partial charge in [0.15, 0.2) is 6.10 Å². The molecule has 1 heterocycles. The largest absolute Gasteiger partial charge is 0.481 e. The van der Waals surface area contributed by atoms with Crippen LogP contribution < -0.4 is 0 Å². The summed E-state index contributed by atoms with van der Waals surface area (Å²) in [7, 11) is 0. The molecule has 5 nitrogen and oxygen atoms in total. The molecule has 0 radical (unpaired) electrons. The van der Waals surface area contributed by atoms with Crippen LogP contribution in [0.4, 0.5) is 0 Å². The van der Waals surface area contributed by atoms with Crippen LogP contribution in [0.3, 0.4) is 0 Å². The van der Waals surface area contributed by atoms with Crippen molar-refractivity contribution in [2.45, 2.75) is 44.3 Å². The monoisotopic (exact) mass is 317 g/mol. The molecule has 1 aliphatic heterocycles. The summed E-state index contributed by atoms with van der Waals surface area (Å²) in [6.45, 7) is 0.776. The highest BCUT2D eigenvalue weighted by Crippen LogP contribution is 2.30. The number of carboxylic acid groups (broad SMARTS) is 1. The molecule has 0 aromatic heterocycles. The molecule has 2 aliphatic rings. The normalized spacial score (nSPS) is 23.1. The number of amides is 1. The molecule has 1 aliphatic carbocycles. The van der Waals surface area contributed by atoms with E-state index in [-0.39, 0.29) is 18.6 Å². The summed E-state index contributed by atoms with van der Waals surface area (Å²) in [4.78, 5) is 25.7. The molecule has 1 aromatic rings. The number of rotatable bonds is 5. The number of carboxylic acids is 1. The van der Waals surface area contributed by atoms with Crippen molar-refractivity contribution in [3.63, 3.8) is 0 Å². The average molecular weight is 317 g/mol. The molecule has 2 atom stereocenters. The Labute approximate surface area is 136 Å². The lowest BCUT2D eigenvalue weighted by atomic mass is 10.1. The molecule has 1 amide bonds. The van der Waals surface area contributed by atoms with Gasteiger partial charge >= 0.3 is 5.97 Å². The van der Waals surface area contributed by atoms with Crippen molar-refractivity contribution in [3.05, 3.63) is 35.9 Å². The summed E-state index contributed by atoms with van der Waals surface area (Å²) in [6.07, 6.45) is 4.30. The first-order valence-corrected chi connectivity index (χ1v) is 8.37. The Morgan fingerprint density at radius 1 is 1.13 bits per heavy atom. The van der Waals surface area contributed by atoms with Crippen molar-refractivity contribution < 1.29 is 19.4 Å². The molecule has 124 valence electrons. The second-order valence-electron chi connectivity index (χ2n) is 6.44. The Bertz CT molecular complexity index is 553. The van der Waals surface area contributed by atoms with Gasteiger partial charge in [-0.1, -0.05) is 43.2 Å². The van der Waals surface area contributed by atoms with Crippen molar-refractivity contribution in [2.24, 2.45) is 5.92 Å². The van der Waals surface area contributed by atoms with Gasteiger partial charge in [-0.3, -0.25) is 9.59 Å². The van der Waals surface area contributed by atoms with Crippen LogP contribution in [0, 0.1) is 5.92 Å². The number of aliphatic carboxylic acids is 1. The van der Waals surface area contributed by atoms with Gasteiger partial charge < -0.3 is 14.7 Å². The van der Waals surface area contributed by atoms with E-state index in [1.807, 2.05) is 30.3 Å². The van der Waals surface area contributed by atoms with Crippen LogP contribution in [-0.2, 0) is 14.3 Å². The first-order chi connectivity index (χ1) is 11.1. The Hall–Kier alpha value is -1.88. The van der Waals surface area contributed by atoms with Crippen LogP contribution >= 0.6 is 0 Å². The molecule has 0 unspecified atom stereocenters. The van der Waals surface area contributed by atoms with E-state index in [9.17, 15) is 9.59 Å². The minimum atomic E-state index is -0.826. The van der Waals surface area contributed by atoms with Gasteiger partial charge in [-0.2, -0.15) is 0 Å². The molecule has 5 heteroatoms. The molecule has 1 saturated carbocycles. The number of carbonyl (C=O) groups is 2. The van der Waals surface area contributed by atoms with Crippen molar-refractivity contribution in [1.29, 1.82) is 0 Å². The Kier molecular flexibility index (Phi) is 4.96. The van der Waals surface area contributed by atoms with Crippen molar-refractivity contribution in [2.75, 3.05) is 13.1 Å². The van der Waals surface area contributed by atoms with Crippen LogP contribution in [-0.4, -0.2) is 41.1 Å². The molecule has 3 rings (SSSR count). The predicted molar refractivity (Wildman–Crippen MR) is 84.8 cm³/mol. The molecule has 2 fully saturated rings. The Morgan fingerprint density at radius 2 is 1.83 bits per heavy atom. The third-order valence-electron chi connectivity index (χ3n) is 4.81. The highest BCUT2D eigenvalue weighted by molar-refractivity contribution is 5.83. The summed E-state index contributed by atoms with van der Waals surface area (Å²) in [5.41, 5.74) is 0.850. The van der Waals surface area contributed by atoms with Gasteiger partial charge in [0.1, 0.15) is 0 Å². The Balaban J connectivity index is 1.74. The fourth-order valence-electron chi connectivity index (χ4n) is 3.45. The molecular weight excluding hydrogens is 294 g/mol.